The molecule has 1 aromatic rings. The van der Waals surface area contributed by atoms with Crippen molar-refractivity contribution in [3.05, 3.63) is 34.6 Å². The van der Waals surface area contributed by atoms with Crippen molar-refractivity contribution in [2.75, 3.05) is 13.1 Å². The molecule has 0 aliphatic heterocycles. The van der Waals surface area contributed by atoms with Crippen molar-refractivity contribution in [3.63, 3.8) is 0 Å². The van der Waals surface area contributed by atoms with E-state index in [-0.39, 0.29) is 16.8 Å². The first-order chi connectivity index (χ1) is 8.00. The van der Waals surface area contributed by atoms with E-state index in [0.29, 0.717) is 13.1 Å². The molecule has 1 aromatic carbocycles. The highest BCUT2D eigenvalue weighted by Crippen LogP contribution is 2.15. The topological polar surface area (TPSA) is 55.1 Å². The number of nitrogens with one attached hydrogen (secondary N) is 1. The van der Waals surface area contributed by atoms with Gasteiger partial charge in [0.25, 0.3) is 0 Å². The number of nitrogens with two attached hydrogens (primary N) is 1. The van der Waals surface area contributed by atoms with Crippen LogP contribution in [0.25, 0.3) is 0 Å². The fraction of sp³-hybridized carbons (Fsp3) is 0.417. The lowest BCUT2D eigenvalue weighted by atomic mass is 10.1. The fourth-order valence-electron chi connectivity index (χ4n) is 1.35. The summed E-state index contributed by atoms with van der Waals surface area (Å²) in [7, 11) is 0. The van der Waals surface area contributed by atoms with Crippen LogP contribution in [0.4, 0.5) is 4.39 Å². The third-order valence-electron chi connectivity index (χ3n) is 2.51. The van der Waals surface area contributed by atoms with Crippen molar-refractivity contribution in [2.24, 2.45) is 11.7 Å². The van der Waals surface area contributed by atoms with E-state index >= 15 is 0 Å². The molecule has 1 atom stereocenters. The molecule has 0 spiro atoms. The van der Waals surface area contributed by atoms with Gasteiger partial charge in [-0.05, 0) is 30.7 Å². The average Bonchev–Trinajstić information content (AvgIpc) is 2.28. The molecular formula is C12H16ClFN2O. The molecule has 0 radical (unpaired) electrons. The van der Waals surface area contributed by atoms with Crippen LogP contribution < -0.4 is 11.1 Å². The maximum Gasteiger partial charge on any atom is 0.221 e. The number of benzene rings is 1. The van der Waals surface area contributed by atoms with E-state index in [9.17, 15) is 9.18 Å². The minimum Gasteiger partial charge on any atom is -0.369 e. The number of primary amides is 1. The molecule has 94 valence electrons. The van der Waals surface area contributed by atoms with Gasteiger partial charge in [0.1, 0.15) is 5.82 Å². The van der Waals surface area contributed by atoms with Gasteiger partial charge in [-0.25, -0.2) is 4.39 Å². The van der Waals surface area contributed by atoms with Crippen LogP contribution in [0.5, 0.6) is 0 Å². The summed E-state index contributed by atoms with van der Waals surface area (Å²) in [4.78, 5) is 10.8. The Morgan fingerprint density at radius 3 is 2.88 bits per heavy atom. The van der Waals surface area contributed by atoms with Crippen LogP contribution in [-0.2, 0) is 11.2 Å². The molecule has 0 heterocycles. The highest BCUT2D eigenvalue weighted by Gasteiger charge is 2.07. The van der Waals surface area contributed by atoms with Crippen LogP contribution in [0.2, 0.25) is 5.02 Å². The SMILES string of the molecule is C[C@@H](CNCCc1ccc(F)c(Cl)c1)C(N)=O. The van der Waals surface area contributed by atoms with Gasteiger partial charge in [-0.3, -0.25) is 4.79 Å². The zero-order valence-electron chi connectivity index (χ0n) is 9.67. The van der Waals surface area contributed by atoms with Gasteiger partial charge in [0.2, 0.25) is 5.91 Å². The highest BCUT2D eigenvalue weighted by molar-refractivity contribution is 6.30. The first-order valence-corrected chi connectivity index (χ1v) is 5.82. The standard InChI is InChI=1S/C12H16ClFN2O/c1-8(12(15)17)7-16-5-4-9-2-3-11(14)10(13)6-9/h2-3,6,8,16H,4-5,7H2,1H3,(H2,15,17)/t8-/m0/s1. The Balaban J connectivity index is 2.31. The van der Waals surface area contributed by atoms with E-state index in [4.69, 9.17) is 17.3 Å². The summed E-state index contributed by atoms with van der Waals surface area (Å²) in [6, 6.07) is 4.65. The zero-order valence-corrected chi connectivity index (χ0v) is 10.4. The quantitative estimate of drug-likeness (QED) is 0.764. The van der Waals surface area contributed by atoms with Crippen molar-refractivity contribution in [2.45, 2.75) is 13.3 Å². The Bertz CT molecular complexity index is 398. The molecule has 0 unspecified atom stereocenters. The predicted molar refractivity (Wildman–Crippen MR) is 66.3 cm³/mol. The van der Waals surface area contributed by atoms with Crippen molar-refractivity contribution >= 4 is 17.5 Å². The van der Waals surface area contributed by atoms with Crippen molar-refractivity contribution in [1.82, 2.24) is 5.32 Å². The Labute approximate surface area is 105 Å². The van der Waals surface area contributed by atoms with Crippen LogP contribution in [0.15, 0.2) is 18.2 Å². The number of carbonyl (C=O) groups is 1. The molecule has 3 N–H and O–H groups in total. The second-order valence-electron chi connectivity index (χ2n) is 4.01. The van der Waals surface area contributed by atoms with Gasteiger partial charge >= 0.3 is 0 Å². The smallest absolute Gasteiger partial charge is 0.221 e. The summed E-state index contributed by atoms with van der Waals surface area (Å²) in [5.41, 5.74) is 6.08. The molecular weight excluding hydrogens is 243 g/mol. The van der Waals surface area contributed by atoms with Gasteiger partial charge in [0.05, 0.1) is 5.02 Å². The Kier molecular flexibility index (Phi) is 5.38. The molecule has 0 fully saturated rings. The normalized spacial score (nSPS) is 12.4. The van der Waals surface area contributed by atoms with Crippen molar-refractivity contribution in [3.8, 4) is 0 Å². The molecule has 0 bridgehead atoms. The molecule has 0 saturated carbocycles. The summed E-state index contributed by atoms with van der Waals surface area (Å²) in [6.07, 6.45) is 0.728. The lowest BCUT2D eigenvalue weighted by Crippen LogP contribution is -2.31. The first kappa shape index (κ1) is 13.9. The maximum atomic E-state index is 12.9. The lowest BCUT2D eigenvalue weighted by Gasteiger charge is -2.09. The van der Waals surface area contributed by atoms with Crippen molar-refractivity contribution in [1.29, 1.82) is 0 Å². The second-order valence-corrected chi connectivity index (χ2v) is 4.41. The third-order valence-corrected chi connectivity index (χ3v) is 2.80. The molecule has 0 aliphatic carbocycles. The van der Waals surface area contributed by atoms with Gasteiger partial charge in [0, 0.05) is 12.5 Å². The summed E-state index contributed by atoms with van der Waals surface area (Å²) >= 11 is 5.66. The third kappa shape index (κ3) is 4.71. The van der Waals surface area contributed by atoms with Gasteiger partial charge < -0.3 is 11.1 Å². The van der Waals surface area contributed by atoms with E-state index in [0.717, 1.165) is 12.0 Å². The molecule has 3 nitrogen and oxygen atoms in total. The fourth-order valence-corrected chi connectivity index (χ4v) is 1.55. The molecule has 17 heavy (non-hydrogen) atoms. The van der Waals surface area contributed by atoms with Crippen LogP contribution >= 0.6 is 11.6 Å². The van der Waals surface area contributed by atoms with E-state index in [1.807, 2.05) is 0 Å². The molecule has 0 saturated heterocycles. The van der Waals surface area contributed by atoms with Gasteiger partial charge in [-0.1, -0.05) is 24.6 Å². The number of carbonyl (C=O) groups excluding carboxylic acids is 1. The zero-order chi connectivity index (χ0) is 12.8. The predicted octanol–water partition coefficient (Wildman–Crippen LogP) is 1.73. The minimum absolute atomic E-state index is 0.132. The van der Waals surface area contributed by atoms with E-state index in [2.05, 4.69) is 5.32 Å². The van der Waals surface area contributed by atoms with Crippen LogP contribution in [0.1, 0.15) is 12.5 Å². The summed E-state index contributed by atoms with van der Waals surface area (Å²) < 4.78 is 12.9. The number of halogens is 2. The highest BCUT2D eigenvalue weighted by atomic mass is 35.5. The number of rotatable bonds is 6. The van der Waals surface area contributed by atoms with Crippen LogP contribution in [0.3, 0.4) is 0 Å². The Morgan fingerprint density at radius 1 is 1.59 bits per heavy atom. The molecule has 1 rings (SSSR count). The van der Waals surface area contributed by atoms with E-state index in [1.54, 1.807) is 19.1 Å². The monoisotopic (exact) mass is 258 g/mol. The largest absolute Gasteiger partial charge is 0.369 e. The molecule has 0 aromatic heterocycles. The Morgan fingerprint density at radius 2 is 2.29 bits per heavy atom. The lowest BCUT2D eigenvalue weighted by molar-refractivity contribution is -0.121. The van der Waals surface area contributed by atoms with Gasteiger partial charge in [-0.2, -0.15) is 0 Å². The second kappa shape index (κ2) is 6.57. The average molecular weight is 259 g/mol. The van der Waals surface area contributed by atoms with E-state index < -0.39 is 5.82 Å². The molecule has 1 amide bonds. The Hall–Kier alpha value is -1.13. The van der Waals surface area contributed by atoms with Crippen LogP contribution in [0, 0.1) is 11.7 Å². The van der Waals surface area contributed by atoms with Crippen LogP contribution in [-0.4, -0.2) is 19.0 Å². The van der Waals surface area contributed by atoms with Crippen molar-refractivity contribution < 1.29 is 9.18 Å². The summed E-state index contributed by atoms with van der Waals surface area (Å²) in [6.45, 7) is 3.01. The molecule has 0 aliphatic rings. The number of hydrogen-bond acceptors (Lipinski definition) is 2. The van der Waals surface area contributed by atoms with Gasteiger partial charge in [-0.15, -0.1) is 0 Å². The first-order valence-electron chi connectivity index (χ1n) is 5.44. The number of hydrogen-bond donors (Lipinski definition) is 2. The molecule has 5 heteroatoms. The maximum absolute atomic E-state index is 12.9. The summed E-state index contributed by atoms with van der Waals surface area (Å²) in [5, 5.41) is 3.24. The summed E-state index contributed by atoms with van der Waals surface area (Å²) in [5.74, 6) is -0.917. The minimum atomic E-state index is -0.411. The number of amides is 1. The van der Waals surface area contributed by atoms with E-state index in [1.165, 1.54) is 6.07 Å². The van der Waals surface area contributed by atoms with Gasteiger partial charge in [0.15, 0.2) is 0 Å².